The minimum Gasteiger partial charge on any atom is -0.387 e. The maximum atomic E-state index is 12.3. The number of aryl methyl sites for hydroxylation is 3. The second-order valence-corrected chi connectivity index (χ2v) is 7.49. The molecule has 4 heteroatoms. The summed E-state index contributed by atoms with van der Waals surface area (Å²) >= 11 is 0. The molecule has 0 aliphatic carbocycles. The number of aliphatic hydroxyl groups is 1. The van der Waals surface area contributed by atoms with Gasteiger partial charge in [-0.25, -0.2) is 8.42 Å². The zero-order valence-corrected chi connectivity index (χ0v) is 13.3. The molecule has 0 fully saturated rings. The standard InChI is InChI=1S/C17H20O3S/c1-12-4-8-16(9-5-12)21(19,20)11-17(18)15-7-6-13(2)14(3)10-15/h4-10,17-18H,11H2,1-3H3. The molecular weight excluding hydrogens is 284 g/mol. The number of sulfone groups is 1. The van der Waals surface area contributed by atoms with Crippen LogP contribution in [0.3, 0.4) is 0 Å². The van der Waals surface area contributed by atoms with Crippen LogP contribution in [-0.4, -0.2) is 19.3 Å². The third-order valence-corrected chi connectivity index (χ3v) is 5.42. The average molecular weight is 304 g/mol. The van der Waals surface area contributed by atoms with E-state index in [0.717, 1.165) is 16.7 Å². The van der Waals surface area contributed by atoms with E-state index < -0.39 is 15.9 Å². The van der Waals surface area contributed by atoms with Crippen molar-refractivity contribution in [2.45, 2.75) is 31.8 Å². The Balaban J connectivity index is 2.23. The summed E-state index contributed by atoms with van der Waals surface area (Å²) in [6.07, 6.45) is -1.02. The van der Waals surface area contributed by atoms with Crippen molar-refractivity contribution in [2.24, 2.45) is 0 Å². The van der Waals surface area contributed by atoms with Gasteiger partial charge >= 0.3 is 0 Å². The Bertz CT molecular complexity index is 731. The van der Waals surface area contributed by atoms with Gasteiger partial charge in [0.1, 0.15) is 0 Å². The molecule has 3 nitrogen and oxygen atoms in total. The molecule has 2 aromatic rings. The molecule has 1 N–H and O–H groups in total. The topological polar surface area (TPSA) is 54.4 Å². The van der Waals surface area contributed by atoms with Crippen LogP contribution in [0.4, 0.5) is 0 Å². The van der Waals surface area contributed by atoms with E-state index in [1.807, 2.05) is 32.9 Å². The zero-order chi connectivity index (χ0) is 15.6. The maximum absolute atomic E-state index is 12.3. The van der Waals surface area contributed by atoms with Crippen molar-refractivity contribution in [1.82, 2.24) is 0 Å². The van der Waals surface area contributed by atoms with Crippen LogP contribution in [0.1, 0.15) is 28.4 Å². The molecule has 21 heavy (non-hydrogen) atoms. The van der Waals surface area contributed by atoms with Crippen LogP contribution in [0.5, 0.6) is 0 Å². The molecular formula is C17H20O3S. The monoisotopic (exact) mass is 304 g/mol. The first-order valence-corrected chi connectivity index (χ1v) is 8.49. The molecule has 0 heterocycles. The minimum atomic E-state index is -3.50. The highest BCUT2D eigenvalue weighted by molar-refractivity contribution is 7.91. The molecule has 0 aliphatic rings. The van der Waals surface area contributed by atoms with Gasteiger partial charge in [-0.05, 0) is 49.6 Å². The van der Waals surface area contributed by atoms with Crippen LogP contribution < -0.4 is 0 Å². The Morgan fingerprint density at radius 2 is 1.57 bits per heavy atom. The van der Waals surface area contributed by atoms with Crippen molar-refractivity contribution in [1.29, 1.82) is 0 Å². The zero-order valence-electron chi connectivity index (χ0n) is 12.5. The van der Waals surface area contributed by atoms with Gasteiger partial charge in [-0.2, -0.15) is 0 Å². The lowest BCUT2D eigenvalue weighted by Gasteiger charge is -2.13. The van der Waals surface area contributed by atoms with Gasteiger partial charge in [-0.3, -0.25) is 0 Å². The Labute approximate surface area is 126 Å². The summed E-state index contributed by atoms with van der Waals surface area (Å²) in [5, 5.41) is 10.2. The largest absolute Gasteiger partial charge is 0.387 e. The smallest absolute Gasteiger partial charge is 0.181 e. The molecule has 112 valence electrons. The fraction of sp³-hybridized carbons (Fsp3) is 0.294. The van der Waals surface area contributed by atoms with Crippen molar-refractivity contribution in [2.75, 3.05) is 5.75 Å². The molecule has 0 bridgehead atoms. The van der Waals surface area contributed by atoms with E-state index in [0.29, 0.717) is 5.56 Å². The summed E-state index contributed by atoms with van der Waals surface area (Å²) in [7, 11) is -3.50. The molecule has 0 saturated heterocycles. The van der Waals surface area contributed by atoms with Gasteiger partial charge in [0.25, 0.3) is 0 Å². The van der Waals surface area contributed by atoms with E-state index in [9.17, 15) is 13.5 Å². The highest BCUT2D eigenvalue weighted by atomic mass is 32.2. The lowest BCUT2D eigenvalue weighted by atomic mass is 10.0. The van der Waals surface area contributed by atoms with Gasteiger partial charge in [0, 0.05) is 0 Å². The number of hydrogen-bond donors (Lipinski definition) is 1. The van der Waals surface area contributed by atoms with Crippen molar-refractivity contribution in [3.8, 4) is 0 Å². The van der Waals surface area contributed by atoms with Gasteiger partial charge in [0.05, 0.1) is 16.8 Å². The van der Waals surface area contributed by atoms with Gasteiger partial charge in [0.15, 0.2) is 9.84 Å². The minimum absolute atomic E-state index is 0.246. The summed E-state index contributed by atoms with van der Waals surface area (Å²) in [5.74, 6) is -0.307. The third-order valence-electron chi connectivity index (χ3n) is 3.67. The van der Waals surface area contributed by atoms with E-state index in [1.54, 1.807) is 30.3 Å². The predicted octanol–water partition coefficient (Wildman–Crippen LogP) is 3.12. The lowest BCUT2D eigenvalue weighted by molar-refractivity contribution is 0.201. The summed E-state index contributed by atoms with van der Waals surface area (Å²) in [5.41, 5.74) is 3.80. The first kappa shape index (κ1) is 15.7. The van der Waals surface area contributed by atoms with E-state index in [1.165, 1.54) is 0 Å². The van der Waals surface area contributed by atoms with E-state index in [2.05, 4.69) is 0 Å². The Kier molecular flexibility index (Phi) is 4.49. The SMILES string of the molecule is Cc1ccc(S(=O)(=O)CC(O)c2ccc(C)c(C)c2)cc1. The molecule has 0 amide bonds. The first-order valence-electron chi connectivity index (χ1n) is 6.84. The van der Waals surface area contributed by atoms with Crippen molar-refractivity contribution in [3.63, 3.8) is 0 Å². The normalized spacial score (nSPS) is 13.1. The molecule has 1 unspecified atom stereocenters. The lowest BCUT2D eigenvalue weighted by Crippen LogP contribution is -2.15. The van der Waals surface area contributed by atoms with Crippen LogP contribution in [-0.2, 0) is 9.84 Å². The Hall–Kier alpha value is -1.65. The highest BCUT2D eigenvalue weighted by Crippen LogP contribution is 2.22. The fourth-order valence-electron chi connectivity index (χ4n) is 2.12. The molecule has 0 spiro atoms. The van der Waals surface area contributed by atoms with E-state index in [4.69, 9.17) is 0 Å². The number of aliphatic hydroxyl groups excluding tert-OH is 1. The third kappa shape index (κ3) is 3.71. The molecule has 0 aromatic heterocycles. The average Bonchev–Trinajstić information content (AvgIpc) is 2.41. The number of hydrogen-bond acceptors (Lipinski definition) is 3. The van der Waals surface area contributed by atoms with Crippen molar-refractivity contribution >= 4 is 9.84 Å². The molecule has 0 saturated carbocycles. The predicted molar refractivity (Wildman–Crippen MR) is 84.1 cm³/mol. The van der Waals surface area contributed by atoms with Crippen LogP contribution in [0.25, 0.3) is 0 Å². The van der Waals surface area contributed by atoms with E-state index in [-0.39, 0.29) is 10.6 Å². The second-order valence-electron chi connectivity index (χ2n) is 5.45. The fourth-order valence-corrected chi connectivity index (χ4v) is 3.47. The number of benzene rings is 2. The first-order chi connectivity index (χ1) is 9.79. The summed E-state index contributed by atoms with van der Waals surface area (Å²) in [6, 6.07) is 12.2. The summed E-state index contributed by atoms with van der Waals surface area (Å²) in [4.78, 5) is 0.246. The Morgan fingerprint density at radius 3 is 2.14 bits per heavy atom. The van der Waals surface area contributed by atoms with Crippen molar-refractivity contribution < 1.29 is 13.5 Å². The second kappa shape index (κ2) is 6.00. The molecule has 1 atom stereocenters. The van der Waals surface area contributed by atoms with Crippen molar-refractivity contribution in [3.05, 3.63) is 64.7 Å². The molecule has 2 rings (SSSR count). The quantitative estimate of drug-likeness (QED) is 0.944. The van der Waals surface area contributed by atoms with Crippen LogP contribution in [0, 0.1) is 20.8 Å². The maximum Gasteiger partial charge on any atom is 0.181 e. The van der Waals surface area contributed by atoms with E-state index >= 15 is 0 Å². The van der Waals surface area contributed by atoms with Gasteiger partial charge < -0.3 is 5.11 Å². The van der Waals surface area contributed by atoms with Gasteiger partial charge in [-0.15, -0.1) is 0 Å². The Morgan fingerprint density at radius 1 is 0.952 bits per heavy atom. The molecule has 0 radical (unpaired) electrons. The van der Waals surface area contributed by atoms with Gasteiger partial charge in [0.2, 0.25) is 0 Å². The van der Waals surface area contributed by atoms with Gasteiger partial charge in [-0.1, -0.05) is 35.9 Å². The number of rotatable bonds is 4. The molecule has 0 aliphatic heterocycles. The van der Waals surface area contributed by atoms with Crippen LogP contribution >= 0.6 is 0 Å². The highest BCUT2D eigenvalue weighted by Gasteiger charge is 2.21. The summed E-state index contributed by atoms with van der Waals surface area (Å²) in [6.45, 7) is 5.83. The molecule has 2 aromatic carbocycles. The van der Waals surface area contributed by atoms with Crippen LogP contribution in [0.2, 0.25) is 0 Å². The van der Waals surface area contributed by atoms with Crippen LogP contribution in [0.15, 0.2) is 47.4 Å². The summed E-state index contributed by atoms with van der Waals surface area (Å²) < 4.78 is 24.6.